The molecule has 1 aromatic heterocycles. The second kappa shape index (κ2) is 9.01. The molecule has 1 aliphatic rings. The summed E-state index contributed by atoms with van der Waals surface area (Å²) in [6.07, 6.45) is 1.03. The van der Waals surface area contributed by atoms with Crippen molar-refractivity contribution >= 4 is 29.0 Å². The second-order valence-electron chi connectivity index (χ2n) is 7.70. The molecule has 32 heavy (non-hydrogen) atoms. The maximum absolute atomic E-state index is 12.7. The van der Waals surface area contributed by atoms with Gasteiger partial charge in [-0.3, -0.25) is 24.6 Å². The zero-order valence-electron chi connectivity index (χ0n) is 17.7. The van der Waals surface area contributed by atoms with Crippen LogP contribution >= 0.6 is 0 Å². The average molecular weight is 433 g/mol. The molecule has 1 aliphatic heterocycles. The first kappa shape index (κ1) is 21.2. The topological polar surface area (TPSA) is 110 Å². The average Bonchev–Trinajstić information content (AvgIpc) is 3.18. The first-order valence-corrected chi connectivity index (χ1v) is 10.4. The van der Waals surface area contributed by atoms with Crippen LogP contribution in [0.3, 0.4) is 0 Å². The molecule has 0 saturated carbocycles. The van der Waals surface area contributed by atoms with Crippen LogP contribution < -0.4 is 10.2 Å². The molecule has 0 radical (unpaired) electrons. The van der Waals surface area contributed by atoms with Gasteiger partial charge >= 0.3 is 0 Å². The predicted molar refractivity (Wildman–Crippen MR) is 120 cm³/mol. The van der Waals surface area contributed by atoms with Crippen LogP contribution in [0, 0.1) is 17.0 Å². The Hall–Kier alpha value is -4.01. The van der Waals surface area contributed by atoms with E-state index >= 15 is 0 Å². The third kappa shape index (κ3) is 4.66. The minimum absolute atomic E-state index is 0.0245. The molecule has 2 amide bonds. The molecule has 0 unspecified atom stereocenters. The van der Waals surface area contributed by atoms with E-state index in [1.54, 1.807) is 41.3 Å². The fourth-order valence-electron chi connectivity index (χ4n) is 3.78. The third-order valence-electron chi connectivity index (χ3n) is 5.34. The number of amides is 2. The Balaban J connectivity index is 1.33. The quantitative estimate of drug-likeness (QED) is 0.468. The first-order valence-electron chi connectivity index (χ1n) is 10.4. The molecule has 3 aromatic rings. The molecular formula is C23H23N5O4. The summed E-state index contributed by atoms with van der Waals surface area (Å²) in [6, 6.07) is 15.3. The van der Waals surface area contributed by atoms with E-state index < -0.39 is 4.92 Å². The Morgan fingerprint density at radius 2 is 1.84 bits per heavy atom. The molecule has 164 valence electrons. The summed E-state index contributed by atoms with van der Waals surface area (Å²) in [7, 11) is 0. The normalized spacial score (nSPS) is 12.8. The Morgan fingerprint density at radius 1 is 1.06 bits per heavy atom. The van der Waals surface area contributed by atoms with Crippen molar-refractivity contribution in [1.29, 1.82) is 0 Å². The molecule has 0 atom stereocenters. The SMILES string of the molecule is Cc1cc2n(n1)CCCN2C(=O)CCC(=O)Nc1ccc(-c2cccc([N+](=O)[O-])c2)cc1. The number of fused-ring (bicyclic) bond motifs is 1. The highest BCUT2D eigenvalue weighted by Gasteiger charge is 2.24. The third-order valence-corrected chi connectivity index (χ3v) is 5.34. The van der Waals surface area contributed by atoms with Crippen LogP contribution in [0.4, 0.5) is 17.2 Å². The predicted octanol–water partition coefficient (Wildman–Crippen LogP) is 3.92. The summed E-state index contributed by atoms with van der Waals surface area (Å²) in [6.45, 7) is 3.32. The van der Waals surface area contributed by atoms with Crippen molar-refractivity contribution in [3.05, 3.63) is 70.4 Å². The van der Waals surface area contributed by atoms with Gasteiger partial charge in [-0.15, -0.1) is 0 Å². The van der Waals surface area contributed by atoms with E-state index in [1.165, 1.54) is 12.1 Å². The number of non-ortho nitro benzene ring substituents is 1. The van der Waals surface area contributed by atoms with Gasteiger partial charge in [0.1, 0.15) is 5.82 Å². The van der Waals surface area contributed by atoms with Crippen molar-refractivity contribution in [2.45, 2.75) is 32.7 Å². The zero-order valence-corrected chi connectivity index (χ0v) is 17.7. The minimum atomic E-state index is -0.432. The maximum Gasteiger partial charge on any atom is 0.270 e. The van der Waals surface area contributed by atoms with Crippen molar-refractivity contribution in [3.8, 4) is 11.1 Å². The summed E-state index contributed by atoms with van der Waals surface area (Å²) in [4.78, 5) is 37.2. The van der Waals surface area contributed by atoms with Crippen molar-refractivity contribution in [1.82, 2.24) is 9.78 Å². The number of carbonyl (C=O) groups excluding carboxylic acids is 2. The molecule has 2 heterocycles. The van der Waals surface area contributed by atoms with Crippen LogP contribution in [0.15, 0.2) is 54.6 Å². The highest BCUT2D eigenvalue weighted by Crippen LogP contribution is 2.25. The van der Waals surface area contributed by atoms with Gasteiger partial charge in [-0.05, 0) is 36.6 Å². The smallest absolute Gasteiger partial charge is 0.270 e. The Kier molecular flexibility index (Phi) is 5.98. The standard InChI is InChI=1S/C23H23N5O4/c1-16-14-22-26(12-3-13-27(22)25-16)23(30)11-10-21(29)24-19-8-6-17(7-9-19)18-4-2-5-20(15-18)28(31)32/h2,4-9,14-15H,3,10-13H2,1H3,(H,24,29). The van der Waals surface area contributed by atoms with Crippen LogP contribution in [0.2, 0.25) is 0 Å². The largest absolute Gasteiger partial charge is 0.326 e. The highest BCUT2D eigenvalue weighted by molar-refractivity contribution is 5.98. The van der Waals surface area contributed by atoms with Gasteiger partial charge in [-0.1, -0.05) is 24.3 Å². The van der Waals surface area contributed by atoms with Crippen molar-refractivity contribution in [3.63, 3.8) is 0 Å². The minimum Gasteiger partial charge on any atom is -0.326 e. The van der Waals surface area contributed by atoms with Gasteiger partial charge in [-0.2, -0.15) is 5.10 Å². The van der Waals surface area contributed by atoms with Gasteiger partial charge in [0.05, 0.1) is 10.6 Å². The first-order chi connectivity index (χ1) is 15.4. The Bertz CT molecular complexity index is 1170. The summed E-state index contributed by atoms with van der Waals surface area (Å²) < 4.78 is 1.83. The molecule has 0 aliphatic carbocycles. The summed E-state index contributed by atoms with van der Waals surface area (Å²) in [5.41, 5.74) is 3.02. The van der Waals surface area contributed by atoms with Crippen molar-refractivity contribution in [2.24, 2.45) is 0 Å². The van der Waals surface area contributed by atoms with Crippen molar-refractivity contribution in [2.75, 3.05) is 16.8 Å². The number of aromatic nitrogens is 2. The summed E-state index contributed by atoms with van der Waals surface area (Å²) >= 11 is 0. The lowest BCUT2D eigenvalue weighted by molar-refractivity contribution is -0.384. The lowest BCUT2D eigenvalue weighted by atomic mass is 10.0. The number of aryl methyl sites for hydroxylation is 2. The lowest BCUT2D eigenvalue weighted by Gasteiger charge is -2.27. The summed E-state index contributed by atoms with van der Waals surface area (Å²) in [5.74, 6) is 0.445. The van der Waals surface area contributed by atoms with Gasteiger partial charge < -0.3 is 5.32 Å². The van der Waals surface area contributed by atoms with Gasteiger partial charge in [0.15, 0.2) is 0 Å². The number of nitro benzene ring substituents is 1. The van der Waals surface area contributed by atoms with Crippen LogP contribution in [0.5, 0.6) is 0 Å². The van der Waals surface area contributed by atoms with E-state index in [9.17, 15) is 19.7 Å². The van der Waals surface area contributed by atoms with E-state index in [-0.39, 0.29) is 30.3 Å². The molecule has 0 saturated heterocycles. The zero-order chi connectivity index (χ0) is 22.7. The van der Waals surface area contributed by atoms with E-state index in [1.807, 2.05) is 17.7 Å². The second-order valence-corrected chi connectivity index (χ2v) is 7.70. The molecule has 1 N–H and O–H groups in total. The number of carbonyl (C=O) groups is 2. The van der Waals surface area contributed by atoms with Gasteiger partial charge in [0, 0.05) is 49.8 Å². The van der Waals surface area contributed by atoms with Crippen LogP contribution in [0.25, 0.3) is 11.1 Å². The highest BCUT2D eigenvalue weighted by atomic mass is 16.6. The van der Waals surface area contributed by atoms with Gasteiger partial charge in [-0.25, -0.2) is 4.68 Å². The van der Waals surface area contributed by atoms with Crippen LogP contribution in [0.1, 0.15) is 25.0 Å². The lowest BCUT2D eigenvalue weighted by Crippen LogP contribution is -2.37. The van der Waals surface area contributed by atoms with E-state index in [0.717, 1.165) is 35.6 Å². The number of nitrogens with one attached hydrogen (secondary N) is 1. The molecule has 0 spiro atoms. The number of nitro groups is 1. The fourth-order valence-corrected chi connectivity index (χ4v) is 3.78. The molecule has 9 nitrogen and oxygen atoms in total. The number of anilines is 2. The number of rotatable bonds is 6. The molecule has 2 aromatic carbocycles. The molecule has 0 bridgehead atoms. The van der Waals surface area contributed by atoms with Gasteiger partial charge in [0.25, 0.3) is 5.69 Å². The molecule has 9 heteroatoms. The monoisotopic (exact) mass is 433 g/mol. The maximum atomic E-state index is 12.7. The molecule has 0 fully saturated rings. The van der Waals surface area contributed by atoms with Crippen molar-refractivity contribution < 1.29 is 14.5 Å². The number of nitrogens with zero attached hydrogens (tertiary/aromatic N) is 4. The van der Waals surface area contributed by atoms with Gasteiger partial charge in [0.2, 0.25) is 11.8 Å². The number of hydrogen-bond acceptors (Lipinski definition) is 5. The number of hydrogen-bond donors (Lipinski definition) is 1. The van der Waals surface area contributed by atoms with Crippen LogP contribution in [-0.2, 0) is 16.1 Å². The van der Waals surface area contributed by atoms with E-state index in [0.29, 0.717) is 12.2 Å². The van der Waals surface area contributed by atoms with E-state index in [2.05, 4.69) is 10.4 Å². The summed E-state index contributed by atoms with van der Waals surface area (Å²) in [5, 5.41) is 18.1. The fraction of sp³-hybridized carbons (Fsp3) is 0.261. The molecule has 4 rings (SSSR count). The van der Waals surface area contributed by atoms with Crippen LogP contribution in [-0.4, -0.2) is 33.1 Å². The Morgan fingerprint density at radius 3 is 2.59 bits per heavy atom. The molecular weight excluding hydrogens is 410 g/mol. The number of benzene rings is 2. The van der Waals surface area contributed by atoms with E-state index in [4.69, 9.17) is 0 Å². The Labute approximate surface area is 184 Å².